The topological polar surface area (TPSA) is 49.4 Å². The molecular formula is C21H29ClN2O2. The van der Waals surface area contributed by atoms with E-state index in [0.29, 0.717) is 16.6 Å². The van der Waals surface area contributed by atoms with Gasteiger partial charge in [-0.1, -0.05) is 49.4 Å². The van der Waals surface area contributed by atoms with Gasteiger partial charge in [-0.2, -0.15) is 0 Å². The highest BCUT2D eigenvalue weighted by Gasteiger charge is 2.32. The summed E-state index contributed by atoms with van der Waals surface area (Å²) < 4.78 is 0. The van der Waals surface area contributed by atoms with E-state index in [1.54, 1.807) is 31.2 Å². The molecule has 3 rings (SSSR count). The molecule has 1 saturated carbocycles. The van der Waals surface area contributed by atoms with Crippen LogP contribution in [0.3, 0.4) is 0 Å². The van der Waals surface area contributed by atoms with E-state index < -0.39 is 6.04 Å². The Bertz CT molecular complexity index is 643. The molecule has 1 aromatic carbocycles. The first kappa shape index (κ1) is 19.2. The predicted molar refractivity (Wildman–Crippen MR) is 104 cm³/mol. The SMILES string of the molecule is CC(NC(=O)c1ccccc1Cl)C(=O)N1CCCC1CCC1CCCC1. The number of nitrogens with one attached hydrogen (secondary N) is 1. The number of benzene rings is 1. The Hall–Kier alpha value is -1.55. The van der Waals surface area contributed by atoms with E-state index in [9.17, 15) is 9.59 Å². The number of rotatable bonds is 6. The second kappa shape index (κ2) is 8.90. The van der Waals surface area contributed by atoms with Crippen molar-refractivity contribution in [2.45, 2.75) is 70.4 Å². The minimum atomic E-state index is -0.536. The van der Waals surface area contributed by atoms with Gasteiger partial charge < -0.3 is 10.2 Å². The maximum Gasteiger partial charge on any atom is 0.253 e. The van der Waals surface area contributed by atoms with Crippen molar-refractivity contribution in [1.29, 1.82) is 0 Å². The molecule has 0 radical (unpaired) electrons. The molecule has 142 valence electrons. The summed E-state index contributed by atoms with van der Waals surface area (Å²) in [7, 11) is 0. The van der Waals surface area contributed by atoms with Crippen molar-refractivity contribution in [3.8, 4) is 0 Å². The van der Waals surface area contributed by atoms with Crippen LogP contribution in [0.2, 0.25) is 5.02 Å². The highest BCUT2D eigenvalue weighted by molar-refractivity contribution is 6.33. The molecular weight excluding hydrogens is 348 g/mol. The summed E-state index contributed by atoms with van der Waals surface area (Å²) in [5, 5.41) is 3.22. The number of halogens is 1. The lowest BCUT2D eigenvalue weighted by molar-refractivity contribution is -0.133. The van der Waals surface area contributed by atoms with Crippen LogP contribution in [0.5, 0.6) is 0 Å². The molecule has 4 nitrogen and oxygen atoms in total. The zero-order valence-electron chi connectivity index (χ0n) is 15.5. The minimum absolute atomic E-state index is 0.0272. The lowest BCUT2D eigenvalue weighted by Gasteiger charge is -2.28. The van der Waals surface area contributed by atoms with E-state index in [1.807, 2.05) is 4.90 Å². The van der Waals surface area contributed by atoms with Crippen LogP contribution < -0.4 is 5.32 Å². The Morgan fingerprint density at radius 1 is 1.15 bits per heavy atom. The second-order valence-corrected chi connectivity index (χ2v) is 8.14. The molecule has 1 heterocycles. The summed E-state index contributed by atoms with van der Waals surface area (Å²) in [5.41, 5.74) is 0.410. The first-order chi connectivity index (χ1) is 12.6. The van der Waals surface area contributed by atoms with Crippen LogP contribution in [0.1, 0.15) is 68.6 Å². The molecule has 1 saturated heterocycles. The summed E-state index contributed by atoms with van der Waals surface area (Å²) in [6.07, 6.45) is 9.91. The normalized spacial score (nSPS) is 21.8. The van der Waals surface area contributed by atoms with E-state index >= 15 is 0 Å². The predicted octanol–water partition coefficient (Wildman–Crippen LogP) is 4.42. The number of likely N-dealkylation sites (tertiary alicyclic amines) is 1. The van der Waals surface area contributed by atoms with Crippen LogP contribution in [0.4, 0.5) is 0 Å². The standard InChI is InChI=1S/C21H29ClN2O2/c1-15(23-20(25)18-10-4-5-11-19(18)22)21(26)24-14-6-9-17(24)13-12-16-7-2-3-8-16/h4-5,10-11,15-17H,2-3,6-9,12-14H2,1H3,(H,23,25). The van der Waals surface area contributed by atoms with Crippen LogP contribution in [-0.4, -0.2) is 35.3 Å². The van der Waals surface area contributed by atoms with E-state index in [-0.39, 0.29) is 11.8 Å². The first-order valence-electron chi connectivity index (χ1n) is 9.92. The molecule has 1 N–H and O–H groups in total. The smallest absolute Gasteiger partial charge is 0.253 e. The van der Waals surface area contributed by atoms with Crippen LogP contribution in [0, 0.1) is 5.92 Å². The molecule has 0 spiro atoms. The largest absolute Gasteiger partial charge is 0.340 e. The van der Waals surface area contributed by atoms with Crippen LogP contribution in [-0.2, 0) is 4.79 Å². The maximum absolute atomic E-state index is 12.9. The molecule has 2 fully saturated rings. The van der Waals surface area contributed by atoms with Gasteiger partial charge in [0.1, 0.15) is 6.04 Å². The van der Waals surface area contributed by atoms with Gasteiger partial charge in [-0.25, -0.2) is 0 Å². The van der Waals surface area contributed by atoms with Gasteiger partial charge in [0.25, 0.3) is 5.91 Å². The van der Waals surface area contributed by atoms with Crippen molar-refractivity contribution >= 4 is 23.4 Å². The van der Waals surface area contributed by atoms with Crippen molar-refractivity contribution < 1.29 is 9.59 Å². The van der Waals surface area contributed by atoms with Gasteiger partial charge in [0, 0.05) is 12.6 Å². The van der Waals surface area contributed by atoms with Crippen LogP contribution in [0.25, 0.3) is 0 Å². The molecule has 1 aliphatic heterocycles. The maximum atomic E-state index is 12.9. The number of amides is 2. The molecule has 26 heavy (non-hydrogen) atoms. The molecule has 2 unspecified atom stereocenters. The van der Waals surface area contributed by atoms with Crippen LogP contribution >= 0.6 is 11.6 Å². The van der Waals surface area contributed by atoms with E-state index in [2.05, 4.69) is 5.32 Å². The van der Waals surface area contributed by atoms with Crippen molar-refractivity contribution in [2.24, 2.45) is 5.92 Å². The molecule has 1 aliphatic carbocycles. The van der Waals surface area contributed by atoms with Gasteiger partial charge in [0.05, 0.1) is 10.6 Å². The Morgan fingerprint density at radius 2 is 1.88 bits per heavy atom. The molecule has 0 bridgehead atoms. The molecule has 1 aromatic rings. The number of hydrogen-bond donors (Lipinski definition) is 1. The average Bonchev–Trinajstić information content (AvgIpc) is 3.31. The molecule has 5 heteroatoms. The summed E-state index contributed by atoms with van der Waals surface area (Å²) in [5.74, 6) is 0.586. The lowest BCUT2D eigenvalue weighted by Crippen LogP contribution is -2.48. The molecule has 2 atom stereocenters. The van der Waals surface area contributed by atoms with Gasteiger partial charge in [-0.05, 0) is 50.7 Å². The fourth-order valence-corrected chi connectivity index (χ4v) is 4.60. The van der Waals surface area contributed by atoms with E-state index in [4.69, 9.17) is 11.6 Å². The molecule has 2 amide bonds. The highest BCUT2D eigenvalue weighted by atomic mass is 35.5. The number of carbonyl (C=O) groups excluding carboxylic acids is 2. The fraction of sp³-hybridized carbons (Fsp3) is 0.619. The first-order valence-corrected chi connectivity index (χ1v) is 10.3. The van der Waals surface area contributed by atoms with Gasteiger partial charge in [0.2, 0.25) is 5.91 Å². The fourth-order valence-electron chi connectivity index (χ4n) is 4.38. The Labute approximate surface area is 161 Å². The number of nitrogens with zero attached hydrogens (tertiary/aromatic N) is 1. The van der Waals surface area contributed by atoms with Crippen LogP contribution in [0.15, 0.2) is 24.3 Å². The van der Waals surface area contributed by atoms with Crippen molar-refractivity contribution in [1.82, 2.24) is 10.2 Å². The zero-order chi connectivity index (χ0) is 18.5. The van der Waals surface area contributed by atoms with E-state index in [0.717, 1.165) is 31.7 Å². The third kappa shape index (κ3) is 4.59. The van der Waals surface area contributed by atoms with Gasteiger partial charge >= 0.3 is 0 Å². The van der Waals surface area contributed by atoms with Crippen molar-refractivity contribution in [3.63, 3.8) is 0 Å². The van der Waals surface area contributed by atoms with Crippen molar-refractivity contribution in [2.75, 3.05) is 6.54 Å². The summed E-state index contributed by atoms with van der Waals surface area (Å²) in [4.78, 5) is 27.3. The Morgan fingerprint density at radius 3 is 2.62 bits per heavy atom. The second-order valence-electron chi connectivity index (χ2n) is 7.73. The monoisotopic (exact) mass is 376 g/mol. The zero-order valence-corrected chi connectivity index (χ0v) is 16.3. The summed E-state index contributed by atoms with van der Waals surface area (Å²) in [6.45, 7) is 2.57. The van der Waals surface area contributed by atoms with Crippen molar-refractivity contribution in [3.05, 3.63) is 34.9 Å². The average molecular weight is 377 g/mol. The molecule has 0 aromatic heterocycles. The van der Waals surface area contributed by atoms with Gasteiger partial charge in [-0.15, -0.1) is 0 Å². The third-order valence-electron chi connectivity index (χ3n) is 5.88. The highest BCUT2D eigenvalue weighted by Crippen LogP contribution is 2.31. The Kier molecular flexibility index (Phi) is 6.58. The number of hydrogen-bond acceptors (Lipinski definition) is 2. The minimum Gasteiger partial charge on any atom is -0.340 e. The summed E-state index contributed by atoms with van der Waals surface area (Å²) in [6, 6.07) is 6.71. The van der Waals surface area contributed by atoms with Gasteiger partial charge in [0.15, 0.2) is 0 Å². The lowest BCUT2D eigenvalue weighted by atomic mass is 9.97. The summed E-state index contributed by atoms with van der Waals surface area (Å²) >= 11 is 6.08. The van der Waals surface area contributed by atoms with Gasteiger partial charge in [-0.3, -0.25) is 9.59 Å². The Balaban J connectivity index is 1.54. The van der Waals surface area contributed by atoms with E-state index in [1.165, 1.54) is 32.1 Å². The molecule has 2 aliphatic rings. The quantitative estimate of drug-likeness (QED) is 0.798. The number of carbonyl (C=O) groups is 2. The third-order valence-corrected chi connectivity index (χ3v) is 6.21.